The van der Waals surface area contributed by atoms with Crippen LogP contribution in [0.15, 0.2) is 54.6 Å². The second-order valence-electron chi connectivity index (χ2n) is 8.40. The average molecular weight is 423 g/mol. The predicted octanol–water partition coefficient (Wildman–Crippen LogP) is 3.50. The Kier molecular flexibility index (Phi) is 6.87. The van der Waals surface area contributed by atoms with Crippen LogP contribution in [-0.2, 0) is 20.9 Å². The number of hydrogen-bond acceptors (Lipinski definition) is 4. The van der Waals surface area contributed by atoms with E-state index in [1.54, 1.807) is 12.0 Å². The molecular formula is C25H30N2O4. The molecule has 6 nitrogen and oxygen atoms in total. The van der Waals surface area contributed by atoms with Crippen LogP contribution < -0.4 is 9.64 Å². The molecule has 2 atom stereocenters. The van der Waals surface area contributed by atoms with Gasteiger partial charge in [0.25, 0.3) is 0 Å². The maximum atomic E-state index is 13.2. The molecule has 2 aliphatic rings. The largest absolute Gasteiger partial charge is 0.497 e. The van der Waals surface area contributed by atoms with Crippen LogP contribution in [0.5, 0.6) is 5.75 Å². The molecule has 2 heterocycles. The third-order valence-electron chi connectivity index (χ3n) is 6.14. The maximum Gasteiger partial charge on any atom is 0.228 e. The molecule has 2 saturated heterocycles. The zero-order valence-electron chi connectivity index (χ0n) is 18.0. The summed E-state index contributed by atoms with van der Waals surface area (Å²) in [5, 5.41) is 0. The SMILES string of the molecule is COc1cccc(N2C[C@H](C(=O)N3CCC[C@@H](COCc4ccccc4)C3)CC2=O)c1. The summed E-state index contributed by atoms with van der Waals surface area (Å²) in [6, 6.07) is 17.6. The van der Waals surface area contributed by atoms with E-state index in [1.165, 1.54) is 0 Å². The van der Waals surface area contributed by atoms with Crippen LogP contribution in [0, 0.1) is 11.8 Å². The lowest BCUT2D eigenvalue weighted by Gasteiger charge is -2.34. The molecule has 2 aromatic carbocycles. The minimum atomic E-state index is -0.289. The van der Waals surface area contributed by atoms with Crippen molar-refractivity contribution in [1.82, 2.24) is 4.90 Å². The minimum absolute atomic E-state index is 0.00800. The summed E-state index contributed by atoms with van der Waals surface area (Å²) >= 11 is 0. The van der Waals surface area contributed by atoms with E-state index >= 15 is 0 Å². The first-order valence-corrected chi connectivity index (χ1v) is 11.0. The Labute approximate surface area is 183 Å². The standard InChI is InChI=1S/C25H30N2O4/c1-30-23-11-5-10-22(14-23)27-16-21(13-24(27)28)25(29)26-12-6-9-20(15-26)18-31-17-19-7-3-2-4-8-19/h2-5,7-8,10-11,14,20-21H,6,9,12-13,15-18H2,1H3/t20-,21-/m1/s1. The van der Waals surface area contributed by atoms with Gasteiger partial charge in [-0.3, -0.25) is 9.59 Å². The Morgan fingerprint density at radius 1 is 1.10 bits per heavy atom. The molecule has 0 aliphatic carbocycles. The van der Waals surface area contributed by atoms with Crippen molar-refractivity contribution in [3.8, 4) is 5.75 Å². The lowest BCUT2D eigenvalue weighted by molar-refractivity contribution is -0.138. The van der Waals surface area contributed by atoms with Crippen LogP contribution in [0.25, 0.3) is 0 Å². The molecule has 0 bridgehead atoms. The van der Waals surface area contributed by atoms with Gasteiger partial charge in [-0.05, 0) is 36.5 Å². The molecule has 0 saturated carbocycles. The number of ether oxygens (including phenoxy) is 2. The smallest absolute Gasteiger partial charge is 0.228 e. The van der Waals surface area contributed by atoms with E-state index in [9.17, 15) is 9.59 Å². The molecular weight excluding hydrogens is 392 g/mol. The summed E-state index contributed by atoms with van der Waals surface area (Å²) in [7, 11) is 1.60. The van der Waals surface area contributed by atoms with E-state index in [4.69, 9.17) is 9.47 Å². The second kappa shape index (κ2) is 9.96. The third kappa shape index (κ3) is 5.25. The van der Waals surface area contributed by atoms with Gasteiger partial charge in [0.15, 0.2) is 0 Å². The van der Waals surface area contributed by atoms with Crippen LogP contribution in [0.2, 0.25) is 0 Å². The van der Waals surface area contributed by atoms with Gasteiger partial charge in [-0.25, -0.2) is 0 Å². The van der Waals surface area contributed by atoms with Crippen molar-refractivity contribution in [2.24, 2.45) is 11.8 Å². The summed E-state index contributed by atoms with van der Waals surface area (Å²) in [6.07, 6.45) is 2.31. The number of carbonyl (C=O) groups is 2. The molecule has 0 radical (unpaired) electrons. The van der Waals surface area contributed by atoms with Crippen molar-refractivity contribution in [3.05, 3.63) is 60.2 Å². The van der Waals surface area contributed by atoms with Crippen LogP contribution in [0.4, 0.5) is 5.69 Å². The van der Waals surface area contributed by atoms with Crippen molar-refractivity contribution in [1.29, 1.82) is 0 Å². The van der Waals surface area contributed by atoms with Gasteiger partial charge in [0.05, 0.1) is 26.2 Å². The number of piperidine rings is 1. The topological polar surface area (TPSA) is 59.1 Å². The molecule has 2 amide bonds. The first-order chi connectivity index (χ1) is 15.1. The van der Waals surface area contributed by atoms with E-state index in [-0.39, 0.29) is 24.2 Å². The molecule has 0 spiro atoms. The molecule has 0 N–H and O–H groups in total. The molecule has 0 unspecified atom stereocenters. The highest BCUT2D eigenvalue weighted by atomic mass is 16.5. The number of rotatable bonds is 7. The van der Waals surface area contributed by atoms with E-state index in [0.717, 1.165) is 30.6 Å². The number of methoxy groups -OCH3 is 1. The van der Waals surface area contributed by atoms with Crippen LogP contribution >= 0.6 is 0 Å². The monoisotopic (exact) mass is 422 g/mol. The Hall–Kier alpha value is -2.86. The highest BCUT2D eigenvalue weighted by Gasteiger charge is 2.38. The summed E-state index contributed by atoms with van der Waals surface area (Å²) < 4.78 is 11.2. The highest BCUT2D eigenvalue weighted by molar-refractivity contribution is 6.00. The molecule has 4 rings (SSSR count). The fourth-order valence-corrected chi connectivity index (χ4v) is 4.48. The molecule has 164 valence electrons. The number of benzene rings is 2. The maximum absolute atomic E-state index is 13.2. The Balaban J connectivity index is 1.31. The second-order valence-corrected chi connectivity index (χ2v) is 8.40. The number of amides is 2. The van der Waals surface area contributed by atoms with Gasteiger partial charge in [0.2, 0.25) is 11.8 Å². The fraction of sp³-hybridized carbons (Fsp3) is 0.440. The van der Waals surface area contributed by atoms with Gasteiger partial charge in [0.1, 0.15) is 5.75 Å². The number of carbonyl (C=O) groups excluding carboxylic acids is 2. The zero-order chi connectivity index (χ0) is 21.6. The van der Waals surface area contributed by atoms with Crippen molar-refractivity contribution >= 4 is 17.5 Å². The molecule has 2 aliphatic heterocycles. The molecule has 2 aromatic rings. The summed E-state index contributed by atoms with van der Waals surface area (Å²) in [6.45, 7) is 3.14. The van der Waals surface area contributed by atoms with Crippen molar-refractivity contribution in [3.63, 3.8) is 0 Å². The Morgan fingerprint density at radius 3 is 2.74 bits per heavy atom. The van der Waals surface area contributed by atoms with Crippen LogP contribution in [0.1, 0.15) is 24.8 Å². The van der Waals surface area contributed by atoms with Crippen molar-refractivity contribution in [2.75, 3.05) is 38.3 Å². The summed E-state index contributed by atoms with van der Waals surface area (Å²) in [5.41, 5.74) is 1.94. The normalized spacial score (nSPS) is 21.4. The van der Waals surface area contributed by atoms with E-state index in [2.05, 4.69) is 12.1 Å². The minimum Gasteiger partial charge on any atom is -0.497 e. The number of anilines is 1. The van der Waals surface area contributed by atoms with Gasteiger partial charge in [-0.1, -0.05) is 36.4 Å². The lowest BCUT2D eigenvalue weighted by atomic mass is 9.97. The number of likely N-dealkylation sites (tertiary alicyclic amines) is 1. The Morgan fingerprint density at radius 2 is 1.94 bits per heavy atom. The van der Waals surface area contributed by atoms with Gasteiger partial charge >= 0.3 is 0 Å². The molecule has 0 aromatic heterocycles. The van der Waals surface area contributed by atoms with Crippen LogP contribution in [0.3, 0.4) is 0 Å². The predicted molar refractivity (Wildman–Crippen MR) is 119 cm³/mol. The molecule has 31 heavy (non-hydrogen) atoms. The third-order valence-corrected chi connectivity index (χ3v) is 6.14. The molecule has 6 heteroatoms. The van der Waals surface area contributed by atoms with Crippen molar-refractivity contribution in [2.45, 2.75) is 25.9 Å². The highest BCUT2D eigenvalue weighted by Crippen LogP contribution is 2.30. The fourth-order valence-electron chi connectivity index (χ4n) is 4.48. The van der Waals surface area contributed by atoms with Crippen LogP contribution in [-0.4, -0.2) is 50.1 Å². The Bertz CT molecular complexity index is 901. The number of hydrogen-bond donors (Lipinski definition) is 0. The number of nitrogens with zero attached hydrogens (tertiary/aromatic N) is 2. The quantitative estimate of drug-likeness (QED) is 0.685. The van der Waals surface area contributed by atoms with E-state index < -0.39 is 0 Å². The first-order valence-electron chi connectivity index (χ1n) is 11.0. The lowest BCUT2D eigenvalue weighted by Crippen LogP contribution is -2.44. The van der Waals surface area contributed by atoms with Gasteiger partial charge in [-0.2, -0.15) is 0 Å². The van der Waals surface area contributed by atoms with Gasteiger partial charge in [0, 0.05) is 37.8 Å². The first kappa shape index (κ1) is 21.4. The average Bonchev–Trinajstić information content (AvgIpc) is 3.21. The summed E-state index contributed by atoms with van der Waals surface area (Å²) in [4.78, 5) is 29.4. The van der Waals surface area contributed by atoms with Gasteiger partial charge < -0.3 is 19.3 Å². The summed E-state index contributed by atoms with van der Waals surface area (Å²) in [5.74, 6) is 0.836. The van der Waals surface area contributed by atoms with E-state index in [1.807, 2.05) is 47.4 Å². The van der Waals surface area contributed by atoms with E-state index in [0.29, 0.717) is 38.0 Å². The molecule has 2 fully saturated rings. The zero-order valence-corrected chi connectivity index (χ0v) is 18.0. The van der Waals surface area contributed by atoms with Crippen molar-refractivity contribution < 1.29 is 19.1 Å². The van der Waals surface area contributed by atoms with Gasteiger partial charge in [-0.15, -0.1) is 0 Å².